The highest BCUT2D eigenvalue weighted by molar-refractivity contribution is 7.86. The number of nitrogens with zero attached hydrogens (tertiary/aromatic N) is 5. The smallest absolute Gasteiger partial charge is 0.281 e. The van der Waals surface area contributed by atoms with Gasteiger partial charge in [0.05, 0.1) is 6.20 Å². The van der Waals surface area contributed by atoms with Crippen LogP contribution in [0.5, 0.6) is 0 Å². The van der Waals surface area contributed by atoms with Gasteiger partial charge in [0, 0.05) is 61.6 Å². The number of pyridine rings is 1. The Hall–Kier alpha value is -2.10. The highest BCUT2D eigenvalue weighted by Crippen LogP contribution is 2.30. The first kappa shape index (κ1) is 20.6. The molecule has 3 heterocycles. The van der Waals surface area contributed by atoms with E-state index in [-0.39, 0.29) is 5.92 Å². The molecule has 1 atom stereocenters. The van der Waals surface area contributed by atoms with E-state index in [0.29, 0.717) is 32.0 Å². The van der Waals surface area contributed by atoms with Crippen molar-refractivity contribution in [3.8, 4) is 0 Å². The second-order valence-corrected chi connectivity index (χ2v) is 8.86. The van der Waals surface area contributed by atoms with Crippen molar-refractivity contribution in [1.29, 1.82) is 0 Å². The lowest BCUT2D eigenvalue weighted by Gasteiger charge is -2.35. The summed E-state index contributed by atoms with van der Waals surface area (Å²) in [5, 5.41) is 3.25. The Morgan fingerprint density at radius 2 is 2.04 bits per heavy atom. The number of nitrogens with one attached hydrogen (secondary N) is 1. The van der Waals surface area contributed by atoms with Crippen LogP contribution in [0.25, 0.3) is 0 Å². The molecule has 152 valence electrons. The second kappa shape index (κ2) is 8.93. The van der Waals surface area contributed by atoms with Crippen LogP contribution < -0.4 is 5.32 Å². The number of piperidine rings is 1. The number of aryl methyl sites for hydroxylation is 1. The van der Waals surface area contributed by atoms with Crippen molar-refractivity contribution in [2.24, 2.45) is 0 Å². The molecule has 2 aromatic heterocycles. The van der Waals surface area contributed by atoms with Gasteiger partial charge in [0.25, 0.3) is 10.2 Å². The van der Waals surface area contributed by atoms with Crippen LogP contribution in [0.4, 0.5) is 11.5 Å². The summed E-state index contributed by atoms with van der Waals surface area (Å²) >= 11 is 0. The number of anilines is 2. The maximum absolute atomic E-state index is 12.9. The van der Waals surface area contributed by atoms with Gasteiger partial charge < -0.3 is 5.32 Å². The van der Waals surface area contributed by atoms with Gasteiger partial charge in [-0.15, -0.1) is 0 Å². The quantitative estimate of drug-likeness (QED) is 0.763. The molecule has 0 spiro atoms. The van der Waals surface area contributed by atoms with Gasteiger partial charge in [0.15, 0.2) is 0 Å². The van der Waals surface area contributed by atoms with Crippen molar-refractivity contribution in [3.05, 3.63) is 42.1 Å². The normalized spacial score (nSPS) is 18.4. The van der Waals surface area contributed by atoms with E-state index in [4.69, 9.17) is 0 Å². The molecule has 0 aromatic carbocycles. The predicted molar refractivity (Wildman–Crippen MR) is 110 cm³/mol. The minimum Gasteiger partial charge on any atom is -0.339 e. The Bertz CT molecular complexity index is 887. The standard InChI is InChI=1S/C19H28N6O2S/c1-4-24(5-2)28(26,27)25-10-6-7-16(14-25)18-12-17(11-15(3)22-18)23-19-13-20-8-9-21-19/h8-9,11-13,16H,4-7,10,14H2,1-3H3,(H,21,22,23). The third kappa shape index (κ3) is 4.65. The molecular weight excluding hydrogens is 376 g/mol. The monoisotopic (exact) mass is 404 g/mol. The lowest BCUT2D eigenvalue weighted by atomic mass is 9.95. The van der Waals surface area contributed by atoms with Crippen molar-refractivity contribution in [2.75, 3.05) is 31.5 Å². The van der Waals surface area contributed by atoms with E-state index < -0.39 is 10.2 Å². The number of aromatic nitrogens is 3. The fourth-order valence-electron chi connectivity index (χ4n) is 3.59. The van der Waals surface area contributed by atoms with Crippen LogP contribution in [-0.2, 0) is 10.2 Å². The van der Waals surface area contributed by atoms with Gasteiger partial charge in [0.2, 0.25) is 0 Å². The van der Waals surface area contributed by atoms with Crippen LogP contribution in [0.15, 0.2) is 30.7 Å². The maximum atomic E-state index is 12.9. The third-order valence-corrected chi connectivity index (χ3v) is 7.12. The fraction of sp³-hybridized carbons (Fsp3) is 0.526. The van der Waals surface area contributed by atoms with Gasteiger partial charge in [-0.1, -0.05) is 13.8 Å². The molecule has 0 bridgehead atoms. The van der Waals surface area contributed by atoms with E-state index in [1.807, 2.05) is 32.9 Å². The molecule has 0 radical (unpaired) electrons. The molecule has 1 unspecified atom stereocenters. The predicted octanol–water partition coefficient (Wildman–Crippen LogP) is 2.69. The second-order valence-electron chi connectivity index (χ2n) is 6.93. The third-order valence-electron chi connectivity index (χ3n) is 4.97. The van der Waals surface area contributed by atoms with Gasteiger partial charge in [-0.3, -0.25) is 9.97 Å². The van der Waals surface area contributed by atoms with E-state index >= 15 is 0 Å². The summed E-state index contributed by atoms with van der Waals surface area (Å²) < 4.78 is 28.9. The van der Waals surface area contributed by atoms with Gasteiger partial charge >= 0.3 is 0 Å². The van der Waals surface area contributed by atoms with Crippen LogP contribution in [0.3, 0.4) is 0 Å². The van der Waals surface area contributed by atoms with E-state index in [9.17, 15) is 8.42 Å². The van der Waals surface area contributed by atoms with Crippen molar-refractivity contribution >= 4 is 21.7 Å². The molecule has 0 saturated carbocycles. The maximum Gasteiger partial charge on any atom is 0.281 e. The fourth-order valence-corrected chi connectivity index (χ4v) is 5.30. The van der Waals surface area contributed by atoms with Crippen molar-refractivity contribution in [1.82, 2.24) is 23.6 Å². The lowest BCUT2D eigenvalue weighted by Crippen LogP contribution is -2.47. The Labute approximate surface area is 167 Å². The molecule has 1 aliphatic heterocycles. The highest BCUT2D eigenvalue weighted by atomic mass is 32.2. The number of rotatable bonds is 7. The van der Waals surface area contributed by atoms with Gasteiger partial charge in [0.1, 0.15) is 5.82 Å². The summed E-state index contributed by atoms with van der Waals surface area (Å²) in [6, 6.07) is 3.94. The van der Waals surface area contributed by atoms with E-state index in [2.05, 4.69) is 20.3 Å². The Morgan fingerprint density at radius 3 is 2.71 bits per heavy atom. The largest absolute Gasteiger partial charge is 0.339 e. The first-order valence-corrected chi connectivity index (χ1v) is 11.1. The first-order chi connectivity index (χ1) is 13.4. The molecule has 1 N–H and O–H groups in total. The summed E-state index contributed by atoms with van der Waals surface area (Å²) in [5.74, 6) is 0.731. The van der Waals surface area contributed by atoms with Gasteiger partial charge in [-0.2, -0.15) is 17.0 Å². The minimum atomic E-state index is -3.43. The zero-order chi connectivity index (χ0) is 20.1. The molecule has 28 heavy (non-hydrogen) atoms. The van der Waals surface area contributed by atoms with Crippen molar-refractivity contribution in [3.63, 3.8) is 0 Å². The van der Waals surface area contributed by atoms with E-state index in [1.54, 1.807) is 22.9 Å². The van der Waals surface area contributed by atoms with Crippen LogP contribution >= 0.6 is 0 Å². The number of hydrogen-bond donors (Lipinski definition) is 1. The minimum absolute atomic E-state index is 0.0707. The molecule has 0 amide bonds. The molecule has 1 aliphatic rings. The van der Waals surface area contributed by atoms with Crippen LogP contribution in [-0.4, -0.2) is 58.2 Å². The highest BCUT2D eigenvalue weighted by Gasteiger charge is 2.33. The summed E-state index contributed by atoms with van der Waals surface area (Å²) in [7, 11) is -3.43. The van der Waals surface area contributed by atoms with Crippen LogP contribution in [0.2, 0.25) is 0 Å². The van der Waals surface area contributed by atoms with Gasteiger partial charge in [-0.05, 0) is 31.9 Å². The first-order valence-electron chi connectivity index (χ1n) is 9.70. The lowest BCUT2D eigenvalue weighted by molar-refractivity contribution is 0.285. The molecule has 2 aromatic rings. The zero-order valence-electron chi connectivity index (χ0n) is 16.7. The summed E-state index contributed by atoms with van der Waals surface area (Å²) in [6.45, 7) is 7.66. The topological polar surface area (TPSA) is 91.3 Å². The average molecular weight is 405 g/mol. The summed E-state index contributed by atoms with van der Waals surface area (Å²) in [5.41, 5.74) is 2.67. The number of hydrogen-bond acceptors (Lipinski definition) is 6. The molecule has 0 aliphatic carbocycles. The van der Waals surface area contributed by atoms with Gasteiger partial charge in [-0.25, -0.2) is 4.98 Å². The SMILES string of the molecule is CCN(CC)S(=O)(=O)N1CCCC(c2cc(Nc3cnccn3)cc(C)n2)C1. The molecule has 9 heteroatoms. The van der Waals surface area contributed by atoms with Crippen molar-refractivity contribution < 1.29 is 8.42 Å². The summed E-state index contributed by atoms with van der Waals surface area (Å²) in [4.78, 5) is 13.0. The average Bonchev–Trinajstić information content (AvgIpc) is 2.69. The Morgan fingerprint density at radius 1 is 1.25 bits per heavy atom. The Balaban J connectivity index is 1.81. The molecular formula is C19H28N6O2S. The van der Waals surface area contributed by atoms with E-state index in [1.165, 1.54) is 4.31 Å². The van der Waals surface area contributed by atoms with Crippen LogP contribution in [0, 0.1) is 6.92 Å². The Kier molecular flexibility index (Phi) is 6.58. The molecule has 8 nitrogen and oxygen atoms in total. The van der Waals surface area contributed by atoms with E-state index in [0.717, 1.165) is 29.9 Å². The summed E-state index contributed by atoms with van der Waals surface area (Å²) in [6.07, 6.45) is 6.67. The van der Waals surface area contributed by atoms with Crippen molar-refractivity contribution in [2.45, 2.75) is 39.5 Å². The van der Waals surface area contributed by atoms with Crippen LogP contribution in [0.1, 0.15) is 44.0 Å². The molecule has 1 fully saturated rings. The molecule has 3 rings (SSSR count). The zero-order valence-corrected chi connectivity index (χ0v) is 17.5. The molecule has 1 saturated heterocycles.